The first-order chi connectivity index (χ1) is 26.1. The van der Waals surface area contributed by atoms with E-state index in [4.69, 9.17) is 0 Å². The largest absolute Gasteiger partial charge is 0.333 e. The number of nitrogens with zero attached hydrogens (tertiary/aromatic N) is 5. The molecule has 5 heteroatoms. The fourth-order valence-corrected chi connectivity index (χ4v) is 8.03. The van der Waals surface area contributed by atoms with E-state index in [0.29, 0.717) is 12.0 Å². The van der Waals surface area contributed by atoms with Crippen molar-refractivity contribution >= 4 is 44.9 Å². The van der Waals surface area contributed by atoms with Gasteiger partial charge in [0, 0.05) is 50.1 Å². The van der Waals surface area contributed by atoms with Crippen LogP contribution in [-0.4, -0.2) is 9.13 Å². The van der Waals surface area contributed by atoms with Gasteiger partial charge in [0.25, 0.3) is 0 Å². The second-order valence-corrected chi connectivity index (χ2v) is 13.3. The number of fused-ring (bicyclic) bond motifs is 4. The lowest BCUT2D eigenvalue weighted by atomic mass is 9.85. The molecule has 0 saturated heterocycles. The van der Waals surface area contributed by atoms with Crippen molar-refractivity contribution in [2.75, 3.05) is 0 Å². The van der Waals surface area contributed by atoms with Gasteiger partial charge in [0.15, 0.2) is 0 Å². The molecule has 2 aromatic heterocycles. The molecule has 0 fully saturated rings. The maximum atomic E-state index is 10.0. The van der Waals surface area contributed by atoms with Crippen LogP contribution in [0.3, 0.4) is 0 Å². The van der Waals surface area contributed by atoms with E-state index in [1.165, 1.54) is 0 Å². The summed E-state index contributed by atoms with van der Waals surface area (Å²) in [5.74, 6) is -0.00792. The van der Waals surface area contributed by atoms with Crippen molar-refractivity contribution < 1.29 is 0 Å². The molecule has 5 aromatic carbocycles. The van der Waals surface area contributed by atoms with Crippen molar-refractivity contribution in [1.29, 1.82) is 15.8 Å². The van der Waals surface area contributed by atoms with Gasteiger partial charge in [0.05, 0.1) is 41.2 Å². The molecule has 2 atom stereocenters. The van der Waals surface area contributed by atoms with Gasteiger partial charge in [0.2, 0.25) is 0 Å². The van der Waals surface area contributed by atoms with Crippen LogP contribution in [0.15, 0.2) is 146 Å². The summed E-state index contributed by atoms with van der Waals surface area (Å²) in [5.41, 5.74) is 11.4. The maximum Gasteiger partial charge on any atom is 0.101 e. The molecular formula is C48H35N5. The second kappa shape index (κ2) is 13.9. The molecule has 2 heterocycles. The summed E-state index contributed by atoms with van der Waals surface area (Å²) < 4.78 is 4.51. The van der Waals surface area contributed by atoms with E-state index in [0.717, 1.165) is 77.5 Å². The van der Waals surface area contributed by atoms with Crippen LogP contribution in [0.5, 0.6) is 0 Å². The van der Waals surface area contributed by atoms with Crippen molar-refractivity contribution in [2.24, 2.45) is 0 Å². The smallest absolute Gasteiger partial charge is 0.101 e. The summed E-state index contributed by atoms with van der Waals surface area (Å²) in [7, 11) is 0. The molecule has 1 aliphatic rings. The molecule has 0 amide bonds. The zero-order valence-electron chi connectivity index (χ0n) is 29.4. The Morgan fingerprint density at radius 3 is 2.26 bits per heavy atom. The van der Waals surface area contributed by atoms with Crippen LogP contribution >= 0.6 is 0 Å². The minimum atomic E-state index is -0.0585. The van der Waals surface area contributed by atoms with Gasteiger partial charge in [-0.2, -0.15) is 15.8 Å². The first-order valence-corrected chi connectivity index (χ1v) is 17.8. The van der Waals surface area contributed by atoms with Gasteiger partial charge in [-0.15, -0.1) is 0 Å². The van der Waals surface area contributed by atoms with E-state index in [2.05, 4.69) is 137 Å². The highest BCUT2D eigenvalue weighted by atomic mass is 15.0. The summed E-state index contributed by atoms with van der Waals surface area (Å²) in [6.45, 7) is 6.22. The van der Waals surface area contributed by atoms with Crippen molar-refractivity contribution in [2.45, 2.75) is 31.7 Å². The Bertz CT molecular complexity index is 2800. The number of para-hydroxylation sites is 3. The Morgan fingerprint density at radius 1 is 0.792 bits per heavy atom. The topological polar surface area (TPSA) is 81.2 Å². The van der Waals surface area contributed by atoms with Gasteiger partial charge in [-0.25, -0.2) is 0 Å². The predicted molar refractivity (Wildman–Crippen MR) is 216 cm³/mol. The van der Waals surface area contributed by atoms with Crippen molar-refractivity contribution in [3.8, 4) is 35.0 Å². The fraction of sp³-hybridized carbons (Fsp3) is 0.104. The van der Waals surface area contributed by atoms with E-state index in [9.17, 15) is 15.8 Å². The Balaban J connectivity index is 1.21. The lowest BCUT2D eigenvalue weighted by molar-refractivity contribution is 0.558. The molecule has 2 unspecified atom stereocenters. The quantitative estimate of drug-likeness (QED) is 0.150. The lowest BCUT2D eigenvalue weighted by Gasteiger charge is -2.29. The first-order valence-electron chi connectivity index (χ1n) is 17.8. The molecule has 0 aliphatic heterocycles. The van der Waals surface area contributed by atoms with Crippen molar-refractivity contribution in [3.63, 3.8) is 0 Å². The van der Waals surface area contributed by atoms with Gasteiger partial charge >= 0.3 is 0 Å². The van der Waals surface area contributed by atoms with Crippen LogP contribution in [0.1, 0.15) is 53.3 Å². The Hall–Kier alpha value is -7.13. The van der Waals surface area contributed by atoms with Gasteiger partial charge in [-0.1, -0.05) is 117 Å². The predicted octanol–water partition coefficient (Wildman–Crippen LogP) is 11.8. The van der Waals surface area contributed by atoms with Crippen LogP contribution in [0.4, 0.5) is 0 Å². The van der Waals surface area contributed by atoms with Crippen LogP contribution in [0.2, 0.25) is 0 Å². The van der Waals surface area contributed by atoms with Crippen LogP contribution in [0, 0.1) is 34.0 Å². The first kappa shape index (κ1) is 33.0. The second-order valence-electron chi connectivity index (χ2n) is 13.3. The van der Waals surface area contributed by atoms with E-state index in [-0.39, 0.29) is 18.4 Å². The molecule has 0 radical (unpaired) electrons. The molecule has 53 heavy (non-hydrogen) atoms. The molecule has 1 aliphatic carbocycles. The standard InChI is InChI=1S/C48H35N5/c1-3-32(30-50)28-43-41-15-7-10-19-47(41)53(44(43)4-2)45-17-8-5-13-39(45)34-22-25-38(35(29-34)26-27-49)33-20-23-37(24-21-33)52-46-18-9-6-14-40(46)42-16-11-12-36(31-51)48(42)52/h4-25,28-29,39,45H,2-3,26H2,1H3/b32-28+. The third kappa shape index (κ3) is 5.55. The number of benzene rings is 5. The number of allylic oxidation sites excluding steroid dienone is 5. The number of hydrogen-bond acceptors (Lipinski definition) is 3. The Morgan fingerprint density at radius 2 is 1.53 bits per heavy atom. The SMILES string of the molecule is C=Cc1c(/C=C(/C#N)CC)c2ccccc2n1C1C=CC=CC1c1ccc(-c2ccc(-n3c4ccccc4c4cccc(C#N)c43)cc2)c(CC#N)c1. The van der Waals surface area contributed by atoms with Gasteiger partial charge in [-0.05, 0) is 71.2 Å². The van der Waals surface area contributed by atoms with E-state index < -0.39 is 0 Å². The number of nitriles is 3. The van der Waals surface area contributed by atoms with E-state index in [1.54, 1.807) is 0 Å². The molecular weight excluding hydrogens is 647 g/mol. The third-order valence-electron chi connectivity index (χ3n) is 10.5. The minimum absolute atomic E-state index is 0.00792. The molecule has 7 aromatic rings. The molecule has 8 rings (SSSR count). The van der Waals surface area contributed by atoms with Crippen LogP contribution in [-0.2, 0) is 6.42 Å². The summed E-state index contributed by atoms with van der Waals surface area (Å²) in [5, 5.41) is 33.0. The minimum Gasteiger partial charge on any atom is -0.333 e. The maximum absolute atomic E-state index is 10.0. The van der Waals surface area contributed by atoms with Gasteiger partial charge < -0.3 is 9.13 Å². The zero-order valence-corrected chi connectivity index (χ0v) is 29.4. The normalized spacial score (nSPS) is 15.4. The van der Waals surface area contributed by atoms with Gasteiger partial charge in [0.1, 0.15) is 6.07 Å². The molecule has 0 saturated carbocycles. The van der Waals surface area contributed by atoms with Crippen LogP contribution in [0.25, 0.3) is 61.7 Å². The summed E-state index contributed by atoms with van der Waals surface area (Å²) >= 11 is 0. The Labute approximate surface area is 309 Å². The molecule has 0 N–H and O–H groups in total. The molecule has 252 valence electrons. The molecule has 0 bridgehead atoms. The fourth-order valence-electron chi connectivity index (χ4n) is 8.03. The third-order valence-corrected chi connectivity index (χ3v) is 10.5. The van der Waals surface area contributed by atoms with E-state index >= 15 is 0 Å². The number of hydrogen-bond donors (Lipinski definition) is 0. The van der Waals surface area contributed by atoms with Crippen LogP contribution < -0.4 is 0 Å². The highest BCUT2D eigenvalue weighted by molar-refractivity contribution is 6.11. The summed E-state index contributed by atoms with van der Waals surface area (Å²) in [6.07, 6.45) is 13.5. The highest BCUT2D eigenvalue weighted by Gasteiger charge is 2.28. The molecule has 0 spiro atoms. The van der Waals surface area contributed by atoms with Gasteiger partial charge in [-0.3, -0.25) is 0 Å². The Kier molecular flexibility index (Phi) is 8.65. The zero-order chi connectivity index (χ0) is 36.5. The summed E-state index contributed by atoms with van der Waals surface area (Å²) in [4.78, 5) is 0. The van der Waals surface area contributed by atoms with Crippen molar-refractivity contribution in [3.05, 3.63) is 174 Å². The van der Waals surface area contributed by atoms with Crippen molar-refractivity contribution in [1.82, 2.24) is 9.13 Å². The highest BCUT2D eigenvalue weighted by Crippen LogP contribution is 2.42. The summed E-state index contributed by atoms with van der Waals surface area (Å²) in [6, 6.07) is 44.5. The monoisotopic (exact) mass is 681 g/mol. The average molecular weight is 682 g/mol. The average Bonchev–Trinajstić information content (AvgIpc) is 3.72. The number of rotatable bonds is 8. The van der Waals surface area contributed by atoms with E-state index in [1.807, 2.05) is 49.4 Å². The molecule has 5 nitrogen and oxygen atoms in total. The number of aromatic nitrogens is 2. The lowest BCUT2D eigenvalue weighted by Crippen LogP contribution is -2.18.